The van der Waals surface area contributed by atoms with Crippen LogP contribution in [0, 0.1) is 0 Å². The van der Waals surface area contributed by atoms with Crippen molar-refractivity contribution in [2.24, 2.45) is 0 Å². The van der Waals surface area contributed by atoms with E-state index in [1.807, 2.05) is 20.8 Å². The maximum absolute atomic E-state index is 11.8. The van der Waals surface area contributed by atoms with Crippen molar-refractivity contribution in [2.45, 2.75) is 39.3 Å². The Morgan fingerprint density at radius 3 is 2.65 bits per heavy atom. The lowest BCUT2D eigenvalue weighted by Crippen LogP contribution is -2.47. The summed E-state index contributed by atoms with van der Waals surface area (Å²) in [5.74, 6) is 0.241. The van der Waals surface area contributed by atoms with Gasteiger partial charge in [-0.05, 0) is 27.7 Å². The van der Waals surface area contributed by atoms with Crippen molar-refractivity contribution < 1.29 is 4.79 Å². The Hall–Kier alpha value is -1.85. The molecule has 0 aliphatic rings. The number of carbonyl (C=O) groups is 1. The number of H-pyrrole nitrogens is 1. The minimum absolute atomic E-state index is 0.139. The molecule has 0 aliphatic carbocycles. The number of aromatic amines is 1. The highest BCUT2D eigenvalue weighted by Gasteiger charge is 2.19. The molecule has 94 valence electrons. The van der Waals surface area contributed by atoms with Gasteiger partial charge in [0.25, 0.3) is 5.56 Å². The molecule has 1 aromatic rings. The van der Waals surface area contributed by atoms with E-state index in [0.717, 1.165) is 0 Å². The molecule has 1 atom stereocenters. The van der Waals surface area contributed by atoms with E-state index in [-0.39, 0.29) is 17.0 Å². The quantitative estimate of drug-likeness (QED) is 0.715. The van der Waals surface area contributed by atoms with Gasteiger partial charge in [0.2, 0.25) is 5.91 Å². The van der Waals surface area contributed by atoms with Crippen LogP contribution >= 0.6 is 0 Å². The van der Waals surface area contributed by atoms with E-state index in [1.54, 1.807) is 6.92 Å². The summed E-state index contributed by atoms with van der Waals surface area (Å²) in [6.45, 7) is 7.43. The number of amides is 1. The lowest BCUT2D eigenvalue weighted by Gasteiger charge is -2.23. The van der Waals surface area contributed by atoms with E-state index in [9.17, 15) is 9.59 Å². The monoisotopic (exact) mass is 238 g/mol. The molecule has 1 heterocycles. The smallest absolute Gasteiger partial charge is 0.252 e. The third kappa shape index (κ3) is 4.67. The van der Waals surface area contributed by atoms with Crippen molar-refractivity contribution in [3.8, 4) is 0 Å². The molecule has 0 spiro atoms. The highest BCUT2D eigenvalue weighted by atomic mass is 16.2. The number of rotatable bonds is 3. The van der Waals surface area contributed by atoms with Crippen LogP contribution in [0.1, 0.15) is 27.7 Å². The van der Waals surface area contributed by atoms with Crippen molar-refractivity contribution >= 4 is 11.7 Å². The van der Waals surface area contributed by atoms with Crippen LogP contribution in [0.3, 0.4) is 0 Å². The van der Waals surface area contributed by atoms with Crippen LogP contribution < -0.4 is 16.2 Å². The molecule has 1 unspecified atom stereocenters. The lowest BCUT2D eigenvalue weighted by atomic mass is 10.1. The van der Waals surface area contributed by atoms with Crippen LogP contribution in [-0.2, 0) is 4.79 Å². The molecule has 1 amide bonds. The molecule has 0 saturated heterocycles. The van der Waals surface area contributed by atoms with Gasteiger partial charge in [0.05, 0.1) is 6.33 Å². The summed E-state index contributed by atoms with van der Waals surface area (Å²) in [6, 6.07) is 0.851. The van der Waals surface area contributed by atoms with Crippen molar-refractivity contribution in [2.75, 3.05) is 5.32 Å². The summed E-state index contributed by atoms with van der Waals surface area (Å²) < 4.78 is 0. The predicted molar refractivity (Wildman–Crippen MR) is 65.8 cm³/mol. The fourth-order valence-corrected chi connectivity index (χ4v) is 1.21. The maximum Gasteiger partial charge on any atom is 0.252 e. The Kier molecular flexibility index (Phi) is 3.88. The third-order valence-electron chi connectivity index (χ3n) is 1.93. The van der Waals surface area contributed by atoms with Gasteiger partial charge in [0.15, 0.2) is 0 Å². The van der Waals surface area contributed by atoms with E-state index in [2.05, 4.69) is 20.6 Å². The van der Waals surface area contributed by atoms with Gasteiger partial charge in [-0.2, -0.15) is 0 Å². The zero-order valence-electron chi connectivity index (χ0n) is 10.5. The molecule has 1 aromatic heterocycles. The number of anilines is 1. The molecular weight excluding hydrogens is 220 g/mol. The van der Waals surface area contributed by atoms with Crippen LogP contribution in [0.4, 0.5) is 5.82 Å². The van der Waals surface area contributed by atoms with Gasteiger partial charge in [-0.15, -0.1) is 0 Å². The first-order chi connectivity index (χ1) is 7.78. The molecule has 0 bridgehead atoms. The summed E-state index contributed by atoms with van der Waals surface area (Å²) in [7, 11) is 0. The molecule has 0 radical (unpaired) electrons. The van der Waals surface area contributed by atoms with Crippen LogP contribution in [0.2, 0.25) is 0 Å². The first kappa shape index (κ1) is 13.2. The average molecular weight is 238 g/mol. The Bertz CT molecular complexity index is 447. The van der Waals surface area contributed by atoms with E-state index in [1.165, 1.54) is 12.4 Å². The van der Waals surface area contributed by atoms with E-state index >= 15 is 0 Å². The molecule has 6 nitrogen and oxygen atoms in total. The molecule has 0 fully saturated rings. The Balaban J connectivity index is 2.63. The third-order valence-corrected chi connectivity index (χ3v) is 1.93. The summed E-state index contributed by atoms with van der Waals surface area (Å²) in [6.07, 6.45) is 1.29. The number of hydrogen-bond donors (Lipinski definition) is 3. The predicted octanol–water partition coefficient (Wildman–Crippen LogP) is 0.485. The van der Waals surface area contributed by atoms with Gasteiger partial charge in [-0.25, -0.2) is 4.98 Å². The van der Waals surface area contributed by atoms with Gasteiger partial charge < -0.3 is 15.6 Å². The maximum atomic E-state index is 11.8. The topological polar surface area (TPSA) is 86.9 Å². The largest absolute Gasteiger partial charge is 0.358 e. The number of hydrogen-bond acceptors (Lipinski definition) is 4. The van der Waals surface area contributed by atoms with E-state index in [4.69, 9.17) is 0 Å². The lowest BCUT2D eigenvalue weighted by molar-refractivity contribution is -0.122. The van der Waals surface area contributed by atoms with Crippen LogP contribution in [-0.4, -0.2) is 27.5 Å². The molecule has 0 saturated carbocycles. The van der Waals surface area contributed by atoms with Gasteiger partial charge in [-0.1, -0.05) is 0 Å². The summed E-state index contributed by atoms with van der Waals surface area (Å²) >= 11 is 0. The molecule has 17 heavy (non-hydrogen) atoms. The average Bonchev–Trinajstić information content (AvgIpc) is 2.14. The molecule has 6 heteroatoms. The first-order valence-electron chi connectivity index (χ1n) is 5.41. The molecule has 1 rings (SSSR count). The number of aromatic nitrogens is 2. The van der Waals surface area contributed by atoms with Gasteiger partial charge in [0, 0.05) is 11.6 Å². The number of carbonyl (C=O) groups excluding carboxylic acids is 1. The Morgan fingerprint density at radius 2 is 2.12 bits per heavy atom. The zero-order valence-corrected chi connectivity index (χ0v) is 10.5. The van der Waals surface area contributed by atoms with Gasteiger partial charge in [-0.3, -0.25) is 9.59 Å². The van der Waals surface area contributed by atoms with Crippen LogP contribution in [0.5, 0.6) is 0 Å². The fourth-order valence-electron chi connectivity index (χ4n) is 1.21. The van der Waals surface area contributed by atoms with Crippen molar-refractivity contribution in [3.63, 3.8) is 0 Å². The van der Waals surface area contributed by atoms with Crippen LogP contribution in [0.15, 0.2) is 17.2 Å². The molecular formula is C11H18N4O2. The van der Waals surface area contributed by atoms with Crippen molar-refractivity contribution in [3.05, 3.63) is 22.7 Å². The standard InChI is InChI=1S/C11H18N4O2/c1-7(10(17)15-11(2,3)4)14-8-5-9(16)13-6-12-8/h5-7H,1-4H3,(H,15,17)(H2,12,13,14,16). The SMILES string of the molecule is CC(Nc1cc(=O)[nH]cn1)C(=O)NC(C)(C)C. The van der Waals surface area contributed by atoms with Crippen molar-refractivity contribution in [1.29, 1.82) is 0 Å². The van der Waals surface area contributed by atoms with E-state index in [0.29, 0.717) is 5.82 Å². The molecule has 0 aromatic carbocycles. The summed E-state index contributed by atoms with van der Waals surface area (Å²) in [4.78, 5) is 29.1. The Labute approximate surface area is 99.8 Å². The number of nitrogens with one attached hydrogen (secondary N) is 3. The minimum atomic E-state index is -0.455. The summed E-state index contributed by atoms with van der Waals surface area (Å²) in [5.41, 5.74) is -0.542. The van der Waals surface area contributed by atoms with Crippen molar-refractivity contribution in [1.82, 2.24) is 15.3 Å². The van der Waals surface area contributed by atoms with Gasteiger partial charge in [0.1, 0.15) is 11.9 Å². The Morgan fingerprint density at radius 1 is 1.47 bits per heavy atom. The van der Waals surface area contributed by atoms with Crippen LogP contribution in [0.25, 0.3) is 0 Å². The zero-order chi connectivity index (χ0) is 13.1. The minimum Gasteiger partial charge on any atom is -0.358 e. The first-order valence-corrected chi connectivity index (χ1v) is 5.41. The second kappa shape index (κ2) is 4.99. The highest BCUT2D eigenvalue weighted by Crippen LogP contribution is 2.03. The highest BCUT2D eigenvalue weighted by molar-refractivity contribution is 5.84. The fraction of sp³-hybridized carbons (Fsp3) is 0.545. The van der Waals surface area contributed by atoms with E-state index < -0.39 is 6.04 Å². The number of nitrogens with zero attached hydrogens (tertiary/aromatic N) is 1. The second-order valence-electron chi connectivity index (χ2n) is 4.90. The molecule has 0 aliphatic heterocycles. The molecule has 3 N–H and O–H groups in total. The normalized spacial score (nSPS) is 12.9. The van der Waals surface area contributed by atoms with Gasteiger partial charge >= 0.3 is 0 Å². The summed E-state index contributed by atoms with van der Waals surface area (Å²) in [5, 5.41) is 5.70. The second-order valence-corrected chi connectivity index (χ2v) is 4.90.